The van der Waals surface area contributed by atoms with Gasteiger partial charge in [0.15, 0.2) is 12.4 Å². The van der Waals surface area contributed by atoms with E-state index < -0.39 is 55.4 Å². The Morgan fingerprint density at radius 3 is 1.62 bits per heavy atom. The van der Waals surface area contributed by atoms with Crippen LogP contribution in [-0.4, -0.2) is 89.0 Å². The molecule has 2 unspecified atom stereocenters. The Bertz CT molecular complexity index is 1080. The fourth-order valence-electron chi connectivity index (χ4n) is 5.94. The first-order chi connectivity index (χ1) is 26.8. The number of unbranched alkanes of at least 4 members (excludes halogenated alkanes) is 13. The van der Waals surface area contributed by atoms with E-state index in [-0.39, 0.29) is 26.1 Å². The fraction of sp³-hybridized carbons (Fsp3) is 0.733. The van der Waals surface area contributed by atoms with Crippen molar-refractivity contribution in [3.8, 4) is 0 Å². The van der Waals surface area contributed by atoms with Crippen LogP contribution in [0.2, 0.25) is 0 Å². The predicted molar refractivity (Wildman–Crippen MR) is 219 cm³/mol. The van der Waals surface area contributed by atoms with Crippen molar-refractivity contribution in [3.63, 3.8) is 0 Å². The highest BCUT2D eigenvalue weighted by Gasteiger charge is 2.44. The van der Waals surface area contributed by atoms with Gasteiger partial charge in [-0.25, -0.2) is 0 Å². The van der Waals surface area contributed by atoms with Crippen LogP contribution in [-0.2, 0) is 28.5 Å². The summed E-state index contributed by atoms with van der Waals surface area (Å²) in [4.78, 5) is 25.3. The molecule has 0 aromatic heterocycles. The molecule has 0 radical (unpaired) electrons. The van der Waals surface area contributed by atoms with Gasteiger partial charge in [-0.05, 0) is 77.0 Å². The Morgan fingerprint density at radius 2 is 1.05 bits per heavy atom. The van der Waals surface area contributed by atoms with Gasteiger partial charge in [-0.2, -0.15) is 0 Å². The lowest BCUT2D eigenvalue weighted by Crippen LogP contribution is -2.59. The van der Waals surface area contributed by atoms with Gasteiger partial charge in [0.2, 0.25) is 0 Å². The van der Waals surface area contributed by atoms with E-state index in [1.54, 1.807) is 0 Å². The molecule has 1 aliphatic rings. The van der Waals surface area contributed by atoms with Gasteiger partial charge in [0, 0.05) is 12.8 Å². The number of hydrogen-bond acceptors (Lipinski definition) is 10. The molecule has 0 amide bonds. The maximum atomic E-state index is 12.7. The summed E-state index contributed by atoms with van der Waals surface area (Å²) in [5.74, 6) is -0.867. The third-order valence-electron chi connectivity index (χ3n) is 9.36. The quantitative estimate of drug-likeness (QED) is 0.0284. The van der Waals surface area contributed by atoms with Gasteiger partial charge in [-0.1, -0.05) is 126 Å². The number of allylic oxidation sites excluding steroid dienone is 10. The monoisotopic (exact) mass is 777 g/mol. The molecule has 316 valence electrons. The Balaban J connectivity index is 2.40. The Labute approximate surface area is 332 Å². The van der Waals surface area contributed by atoms with Crippen LogP contribution < -0.4 is 0 Å². The lowest BCUT2D eigenvalue weighted by molar-refractivity contribution is -0.305. The van der Waals surface area contributed by atoms with Crippen molar-refractivity contribution in [2.75, 3.05) is 19.8 Å². The lowest BCUT2D eigenvalue weighted by atomic mass is 9.99. The van der Waals surface area contributed by atoms with Gasteiger partial charge >= 0.3 is 11.9 Å². The minimum absolute atomic E-state index is 0.187. The second-order valence-corrected chi connectivity index (χ2v) is 14.4. The number of ether oxygens (including phenoxy) is 4. The summed E-state index contributed by atoms with van der Waals surface area (Å²) < 4.78 is 22.1. The van der Waals surface area contributed by atoms with E-state index in [9.17, 15) is 30.0 Å². The molecule has 0 spiro atoms. The molecule has 4 N–H and O–H groups in total. The second-order valence-electron chi connectivity index (χ2n) is 14.4. The van der Waals surface area contributed by atoms with Crippen molar-refractivity contribution in [2.24, 2.45) is 0 Å². The molecule has 10 nitrogen and oxygen atoms in total. The lowest BCUT2D eigenvalue weighted by Gasteiger charge is -2.39. The van der Waals surface area contributed by atoms with E-state index >= 15 is 0 Å². The van der Waals surface area contributed by atoms with Crippen LogP contribution in [0, 0.1) is 0 Å². The average Bonchev–Trinajstić information content (AvgIpc) is 3.18. The highest BCUT2D eigenvalue weighted by Crippen LogP contribution is 2.22. The van der Waals surface area contributed by atoms with Crippen LogP contribution in [0.25, 0.3) is 0 Å². The van der Waals surface area contributed by atoms with Crippen molar-refractivity contribution >= 4 is 11.9 Å². The van der Waals surface area contributed by atoms with E-state index in [0.717, 1.165) is 70.6 Å². The SMILES string of the molecule is CCC/C=C/C/C=C/C/C=C/C/C=C/CCCCCC(=O)O[C@H](COC(=O)CCCCC/C=C/CCCCCCCC)CO[C@@H]1O[C@H](CO)[C@H](O)C(O)C1O. The first kappa shape index (κ1) is 50.4. The summed E-state index contributed by atoms with van der Waals surface area (Å²) in [6.07, 6.45) is 35.1. The van der Waals surface area contributed by atoms with Crippen molar-refractivity contribution in [2.45, 2.75) is 192 Å². The van der Waals surface area contributed by atoms with E-state index in [0.29, 0.717) is 12.8 Å². The van der Waals surface area contributed by atoms with Crippen LogP contribution in [0.5, 0.6) is 0 Å². The van der Waals surface area contributed by atoms with Gasteiger partial charge in [0.1, 0.15) is 31.0 Å². The Hall–Kier alpha value is -2.60. The summed E-state index contributed by atoms with van der Waals surface area (Å²) in [6.45, 7) is 3.28. The molecule has 55 heavy (non-hydrogen) atoms. The van der Waals surface area contributed by atoms with E-state index in [4.69, 9.17) is 18.9 Å². The smallest absolute Gasteiger partial charge is 0.306 e. The van der Waals surface area contributed by atoms with Gasteiger partial charge in [0.25, 0.3) is 0 Å². The van der Waals surface area contributed by atoms with Gasteiger partial charge in [-0.15, -0.1) is 0 Å². The van der Waals surface area contributed by atoms with Gasteiger partial charge in [0.05, 0.1) is 13.2 Å². The molecule has 0 aromatic rings. The number of carbonyl (C=O) groups is 2. The largest absolute Gasteiger partial charge is 0.462 e. The number of carbonyl (C=O) groups excluding carboxylic acids is 2. The first-order valence-electron chi connectivity index (χ1n) is 21.4. The second kappa shape index (κ2) is 35.8. The highest BCUT2D eigenvalue weighted by molar-refractivity contribution is 5.70. The summed E-state index contributed by atoms with van der Waals surface area (Å²) in [6, 6.07) is 0. The third-order valence-corrected chi connectivity index (χ3v) is 9.36. The fourth-order valence-corrected chi connectivity index (χ4v) is 5.94. The van der Waals surface area contributed by atoms with Crippen molar-refractivity contribution in [3.05, 3.63) is 60.8 Å². The standard InChI is InChI=1S/C45H76O10/c1-3-5-7-9-11-13-15-17-18-19-20-22-24-26-28-30-32-34-41(48)54-38(37-53-45-44(51)43(50)42(49)39(35-46)55-45)36-52-40(47)33-31-29-27-25-23-21-16-14-12-10-8-6-4-2/h7,9,13,15,18-19,21-24,38-39,42-46,49-51H,3-6,8,10-12,14,16-17,20,25-37H2,1-2H3/b9-7+,15-13+,19-18+,23-21+,24-22+/t38-,39-,42+,43?,44?,45-/m1/s1. The topological polar surface area (TPSA) is 152 Å². The van der Waals surface area contributed by atoms with Crippen LogP contribution in [0.4, 0.5) is 0 Å². The zero-order valence-corrected chi connectivity index (χ0v) is 34.2. The molecule has 0 saturated carbocycles. The minimum Gasteiger partial charge on any atom is -0.462 e. The molecular formula is C45H76O10. The zero-order valence-electron chi connectivity index (χ0n) is 34.2. The molecule has 0 aromatic carbocycles. The molecular weight excluding hydrogens is 700 g/mol. The van der Waals surface area contributed by atoms with Crippen LogP contribution in [0.15, 0.2) is 60.8 Å². The number of aliphatic hydroxyl groups is 4. The summed E-state index contributed by atoms with van der Waals surface area (Å²) in [5.41, 5.74) is 0. The zero-order chi connectivity index (χ0) is 40.2. The summed E-state index contributed by atoms with van der Waals surface area (Å²) in [7, 11) is 0. The van der Waals surface area contributed by atoms with E-state index in [2.05, 4.69) is 74.6 Å². The number of hydrogen-bond donors (Lipinski definition) is 4. The molecule has 1 saturated heterocycles. The molecule has 0 bridgehead atoms. The molecule has 10 heteroatoms. The number of rotatable bonds is 34. The number of esters is 2. The Morgan fingerprint density at radius 1 is 0.564 bits per heavy atom. The van der Waals surface area contributed by atoms with Gasteiger partial charge in [-0.3, -0.25) is 9.59 Å². The highest BCUT2D eigenvalue weighted by atomic mass is 16.7. The third kappa shape index (κ3) is 27.6. The molecule has 1 rings (SSSR count). The maximum Gasteiger partial charge on any atom is 0.306 e. The summed E-state index contributed by atoms with van der Waals surface area (Å²) in [5, 5.41) is 40.0. The predicted octanol–water partition coefficient (Wildman–Crippen LogP) is 8.66. The molecule has 1 heterocycles. The average molecular weight is 777 g/mol. The molecule has 1 fully saturated rings. The minimum atomic E-state index is -1.60. The molecule has 0 aliphatic carbocycles. The molecule has 1 aliphatic heterocycles. The van der Waals surface area contributed by atoms with Crippen LogP contribution in [0.1, 0.15) is 155 Å². The van der Waals surface area contributed by atoms with E-state index in [1.807, 2.05) is 0 Å². The number of aliphatic hydroxyl groups excluding tert-OH is 4. The Kier molecular flexibility index (Phi) is 32.8. The maximum absolute atomic E-state index is 12.7. The summed E-state index contributed by atoms with van der Waals surface area (Å²) >= 11 is 0. The first-order valence-corrected chi connectivity index (χ1v) is 21.4. The van der Waals surface area contributed by atoms with Crippen molar-refractivity contribution in [1.82, 2.24) is 0 Å². The molecule has 6 atom stereocenters. The van der Waals surface area contributed by atoms with Crippen LogP contribution in [0.3, 0.4) is 0 Å². The van der Waals surface area contributed by atoms with Crippen molar-refractivity contribution in [1.29, 1.82) is 0 Å². The van der Waals surface area contributed by atoms with Gasteiger partial charge < -0.3 is 39.4 Å². The van der Waals surface area contributed by atoms with Crippen LogP contribution >= 0.6 is 0 Å². The van der Waals surface area contributed by atoms with E-state index in [1.165, 1.54) is 44.9 Å². The van der Waals surface area contributed by atoms with Crippen molar-refractivity contribution < 1.29 is 49.0 Å². The normalized spacial score (nSPS) is 21.2.